The largest absolute Gasteiger partial charge is 0.382 e. The molecule has 3 N–H and O–H groups in total. The topological polar surface area (TPSA) is 68.0 Å². The van der Waals surface area contributed by atoms with Crippen molar-refractivity contribution in [2.75, 3.05) is 12.3 Å². The Kier molecular flexibility index (Phi) is 4.53. The number of anilines is 1. The minimum absolute atomic E-state index is 0.189. The number of amides is 1. The number of nitrogens with two attached hydrogens (primary N) is 1. The third-order valence-electron chi connectivity index (χ3n) is 2.74. The molecule has 0 saturated carbocycles. The average Bonchev–Trinajstić information content (AvgIpc) is 2.44. The summed E-state index contributed by atoms with van der Waals surface area (Å²) in [4.78, 5) is 15.7. The van der Waals surface area contributed by atoms with Crippen LogP contribution in [0.3, 0.4) is 0 Å². The zero-order chi connectivity index (χ0) is 14.5. The van der Waals surface area contributed by atoms with E-state index in [1.54, 1.807) is 12.1 Å². The fourth-order valence-corrected chi connectivity index (χ4v) is 1.81. The van der Waals surface area contributed by atoms with Crippen molar-refractivity contribution < 1.29 is 9.18 Å². The predicted molar refractivity (Wildman–Crippen MR) is 76.1 cm³/mol. The van der Waals surface area contributed by atoms with Crippen molar-refractivity contribution >= 4 is 23.3 Å². The first-order valence-electron chi connectivity index (χ1n) is 6.00. The van der Waals surface area contributed by atoms with Crippen molar-refractivity contribution in [1.29, 1.82) is 0 Å². The number of nitrogen functional groups attached to an aromatic ring is 1. The lowest BCUT2D eigenvalue weighted by atomic mass is 10.1. The van der Waals surface area contributed by atoms with E-state index in [1.807, 2.05) is 0 Å². The van der Waals surface area contributed by atoms with Crippen molar-refractivity contribution in [1.82, 2.24) is 10.3 Å². The van der Waals surface area contributed by atoms with Gasteiger partial charge < -0.3 is 11.1 Å². The maximum Gasteiger partial charge on any atom is 0.252 e. The molecule has 0 atom stereocenters. The smallest absolute Gasteiger partial charge is 0.252 e. The SMILES string of the molecule is Nc1ncc(C(=O)NCCc2ccc(F)cc2)cc1Cl. The second kappa shape index (κ2) is 6.34. The zero-order valence-corrected chi connectivity index (χ0v) is 11.3. The number of pyridine rings is 1. The van der Waals surface area contributed by atoms with Gasteiger partial charge in [0, 0.05) is 12.7 Å². The van der Waals surface area contributed by atoms with Gasteiger partial charge in [0.05, 0.1) is 10.6 Å². The van der Waals surface area contributed by atoms with E-state index in [2.05, 4.69) is 10.3 Å². The molecule has 0 spiro atoms. The van der Waals surface area contributed by atoms with E-state index >= 15 is 0 Å². The van der Waals surface area contributed by atoms with Crippen LogP contribution in [-0.4, -0.2) is 17.4 Å². The van der Waals surface area contributed by atoms with Crippen molar-refractivity contribution in [3.8, 4) is 0 Å². The summed E-state index contributed by atoms with van der Waals surface area (Å²) >= 11 is 5.80. The molecule has 1 aromatic heterocycles. The minimum Gasteiger partial charge on any atom is -0.382 e. The van der Waals surface area contributed by atoms with Crippen molar-refractivity contribution in [3.05, 3.63) is 58.5 Å². The van der Waals surface area contributed by atoms with Gasteiger partial charge in [-0.25, -0.2) is 9.37 Å². The molecule has 6 heteroatoms. The second-order valence-electron chi connectivity index (χ2n) is 4.22. The third-order valence-corrected chi connectivity index (χ3v) is 3.05. The number of benzene rings is 1. The molecule has 0 aliphatic carbocycles. The van der Waals surface area contributed by atoms with Crippen LogP contribution in [0.15, 0.2) is 36.5 Å². The standard InChI is InChI=1S/C14H13ClFN3O/c15-12-7-10(8-19-13(12)17)14(20)18-6-5-9-1-3-11(16)4-2-9/h1-4,7-8H,5-6H2,(H2,17,19)(H,18,20). The Bertz CT molecular complexity index is 616. The number of rotatable bonds is 4. The van der Waals surface area contributed by atoms with Crippen LogP contribution in [0.25, 0.3) is 0 Å². The molecule has 0 aliphatic heterocycles. The first-order valence-corrected chi connectivity index (χ1v) is 6.38. The highest BCUT2D eigenvalue weighted by Crippen LogP contribution is 2.16. The summed E-state index contributed by atoms with van der Waals surface area (Å²) in [6.07, 6.45) is 1.98. The van der Waals surface area contributed by atoms with E-state index in [1.165, 1.54) is 24.4 Å². The molecule has 1 amide bonds. The maximum absolute atomic E-state index is 12.7. The van der Waals surface area contributed by atoms with Crippen molar-refractivity contribution in [3.63, 3.8) is 0 Å². The van der Waals surface area contributed by atoms with Crippen LogP contribution in [0.2, 0.25) is 5.02 Å². The molecule has 0 unspecified atom stereocenters. The van der Waals surface area contributed by atoms with Gasteiger partial charge in [-0.1, -0.05) is 23.7 Å². The van der Waals surface area contributed by atoms with Gasteiger partial charge in [0.25, 0.3) is 5.91 Å². The minimum atomic E-state index is -0.277. The maximum atomic E-state index is 12.7. The van der Waals surface area contributed by atoms with E-state index in [0.29, 0.717) is 18.5 Å². The monoisotopic (exact) mass is 293 g/mol. The normalized spacial score (nSPS) is 10.3. The Morgan fingerprint density at radius 3 is 2.70 bits per heavy atom. The molecule has 4 nitrogen and oxygen atoms in total. The number of nitrogens with one attached hydrogen (secondary N) is 1. The molecule has 1 aromatic carbocycles. The van der Waals surface area contributed by atoms with Crippen molar-refractivity contribution in [2.24, 2.45) is 0 Å². The molecule has 0 fully saturated rings. The Balaban J connectivity index is 1.88. The fourth-order valence-electron chi connectivity index (χ4n) is 1.65. The molecule has 0 saturated heterocycles. The number of nitrogens with zero attached hydrogens (tertiary/aromatic N) is 1. The highest BCUT2D eigenvalue weighted by molar-refractivity contribution is 6.33. The lowest BCUT2D eigenvalue weighted by molar-refractivity contribution is 0.0954. The van der Waals surface area contributed by atoms with Gasteiger partial charge in [0.1, 0.15) is 11.6 Å². The molecule has 2 rings (SSSR count). The van der Waals surface area contributed by atoms with E-state index in [0.717, 1.165) is 5.56 Å². The van der Waals surface area contributed by atoms with Crippen LogP contribution < -0.4 is 11.1 Å². The van der Waals surface area contributed by atoms with E-state index in [9.17, 15) is 9.18 Å². The first-order chi connectivity index (χ1) is 9.56. The van der Waals surface area contributed by atoms with E-state index in [4.69, 9.17) is 17.3 Å². The number of hydrogen-bond acceptors (Lipinski definition) is 3. The van der Waals surface area contributed by atoms with Gasteiger partial charge in [-0.05, 0) is 30.2 Å². The lowest BCUT2D eigenvalue weighted by Crippen LogP contribution is -2.25. The van der Waals surface area contributed by atoms with Gasteiger partial charge >= 0.3 is 0 Å². The van der Waals surface area contributed by atoms with Crippen LogP contribution >= 0.6 is 11.6 Å². The van der Waals surface area contributed by atoms with Crippen LogP contribution in [0.5, 0.6) is 0 Å². The van der Waals surface area contributed by atoms with Crippen LogP contribution in [0, 0.1) is 5.82 Å². The summed E-state index contributed by atoms with van der Waals surface area (Å²) in [5.74, 6) is -0.364. The Labute approximate surface area is 120 Å². The zero-order valence-electron chi connectivity index (χ0n) is 10.6. The van der Waals surface area contributed by atoms with Gasteiger partial charge in [-0.15, -0.1) is 0 Å². The molecule has 0 aliphatic rings. The molecule has 0 radical (unpaired) electrons. The predicted octanol–water partition coefficient (Wildman–Crippen LogP) is 2.43. The fraction of sp³-hybridized carbons (Fsp3) is 0.143. The summed E-state index contributed by atoms with van der Waals surface area (Å²) in [5, 5.41) is 2.98. The Hall–Kier alpha value is -2.14. The Morgan fingerprint density at radius 1 is 1.35 bits per heavy atom. The lowest BCUT2D eigenvalue weighted by Gasteiger charge is -2.06. The summed E-state index contributed by atoms with van der Waals surface area (Å²) in [5.41, 5.74) is 6.77. The number of hydrogen-bond donors (Lipinski definition) is 2. The van der Waals surface area contributed by atoms with E-state index < -0.39 is 0 Å². The van der Waals surface area contributed by atoms with Gasteiger partial charge in [-0.3, -0.25) is 4.79 Å². The van der Waals surface area contributed by atoms with Crippen LogP contribution in [0.4, 0.5) is 10.2 Å². The number of aromatic nitrogens is 1. The highest BCUT2D eigenvalue weighted by Gasteiger charge is 2.08. The summed E-state index contributed by atoms with van der Waals surface area (Å²) < 4.78 is 12.7. The average molecular weight is 294 g/mol. The molecule has 2 aromatic rings. The second-order valence-corrected chi connectivity index (χ2v) is 4.63. The number of carbonyl (C=O) groups excluding carboxylic acids is 1. The van der Waals surface area contributed by atoms with E-state index in [-0.39, 0.29) is 22.6 Å². The molecule has 1 heterocycles. The number of halogens is 2. The van der Waals surface area contributed by atoms with Crippen molar-refractivity contribution in [2.45, 2.75) is 6.42 Å². The Morgan fingerprint density at radius 2 is 2.05 bits per heavy atom. The molecule has 104 valence electrons. The summed E-state index contributed by atoms with van der Waals surface area (Å²) in [7, 11) is 0. The highest BCUT2D eigenvalue weighted by atomic mass is 35.5. The van der Waals surface area contributed by atoms with Gasteiger partial charge in [-0.2, -0.15) is 0 Å². The quantitative estimate of drug-likeness (QED) is 0.910. The summed E-state index contributed by atoms with van der Waals surface area (Å²) in [6, 6.07) is 7.62. The molecule has 20 heavy (non-hydrogen) atoms. The molecule has 0 bridgehead atoms. The third kappa shape index (κ3) is 3.68. The summed E-state index contributed by atoms with van der Waals surface area (Å²) in [6.45, 7) is 0.437. The molecular weight excluding hydrogens is 281 g/mol. The van der Waals surface area contributed by atoms with Gasteiger partial charge in [0.2, 0.25) is 0 Å². The van der Waals surface area contributed by atoms with Crippen LogP contribution in [-0.2, 0) is 6.42 Å². The first kappa shape index (κ1) is 14.3. The van der Waals surface area contributed by atoms with Crippen LogP contribution in [0.1, 0.15) is 15.9 Å². The number of carbonyl (C=O) groups is 1. The molecular formula is C14H13ClFN3O. The van der Waals surface area contributed by atoms with Gasteiger partial charge in [0.15, 0.2) is 0 Å².